The Labute approximate surface area is 245 Å². The van der Waals surface area contributed by atoms with Gasteiger partial charge in [-0.3, -0.25) is 29.5 Å². The topological polar surface area (TPSA) is 189 Å². The summed E-state index contributed by atoms with van der Waals surface area (Å²) in [6.45, 7) is -0.143. The lowest BCUT2D eigenvalue weighted by atomic mass is 9.84. The number of rotatable bonds is 16. The van der Waals surface area contributed by atoms with Crippen molar-refractivity contribution < 1.29 is 33.4 Å². The molecule has 7 N–H and O–H groups in total. The number of amides is 2. The molecule has 12 nitrogen and oxygen atoms in total. The van der Waals surface area contributed by atoms with E-state index in [9.17, 15) is 28.7 Å². The van der Waals surface area contributed by atoms with E-state index in [1.165, 1.54) is 23.1 Å². The number of benzene rings is 1. The fraction of sp³-hybridized carbons (Fsp3) is 0.621. The number of carbonyl (C=O) groups excluding carboxylic acids is 3. The SMILES string of the molecule is NC(N)=NCCCC(NC(=O)[C@@H]1CCCN1C(=O)[C@@H](CC1CCCCC1)NCC(=O)O)C(=O)COc1cccc(F)c1. The van der Waals surface area contributed by atoms with Crippen molar-refractivity contribution in [3.05, 3.63) is 30.1 Å². The van der Waals surface area contributed by atoms with Gasteiger partial charge in [0.25, 0.3) is 0 Å². The number of hydrogen-bond acceptors (Lipinski definition) is 7. The summed E-state index contributed by atoms with van der Waals surface area (Å²) in [4.78, 5) is 56.9. The van der Waals surface area contributed by atoms with Crippen LogP contribution in [0.5, 0.6) is 5.75 Å². The van der Waals surface area contributed by atoms with Crippen LogP contribution >= 0.6 is 0 Å². The van der Waals surface area contributed by atoms with Crippen LogP contribution in [0.2, 0.25) is 0 Å². The van der Waals surface area contributed by atoms with Crippen molar-refractivity contribution >= 4 is 29.5 Å². The average molecular weight is 591 g/mol. The molecule has 3 rings (SSSR count). The maximum Gasteiger partial charge on any atom is 0.317 e. The highest BCUT2D eigenvalue weighted by Crippen LogP contribution is 2.29. The summed E-state index contributed by atoms with van der Waals surface area (Å²) in [7, 11) is 0. The molecular weight excluding hydrogens is 547 g/mol. The summed E-state index contributed by atoms with van der Waals surface area (Å²) in [5.74, 6) is -2.36. The maximum absolute atomic E-state index is 13.7. The fourth-order valence-corrected chi connectivity index (χ4v) is 5.64. The molecule has 42 heavy (non-hydrogen) atoms. The van der Waals surface area contributed by atoms with Crippen LogP contribution in [0.4, 0.5) is 4.39 Å². The second-order valence-electron chi connectivity index (χ2n) is 11.0. The van der Waals surface area contributed by atoms with Crippen molar-refractivity contribution in [3.63, 3.8) is 0 Å². The van der Waals surface area contributed by atoms with Crippen LogP contribution in [0.3, 0.4) is 0 Å². The second kappa shape index (κ2) is 16.6. The number of hydrogen-bond donors (Lipinski definition) is 5. The lowest BCUT2D eigenvalue weighted by Gasteiger charge is -2.32. The highest BCUT2D eigenvalue weighted by atomic mass is 19.1. The van der Waals surface area contributed by atoms with Crippen molar-refractivity contribution in [2.45, 2.75) is 82.3 Å². The molecule has 2 aliphatic rings. The summed E-state index contributed by atoms with van der Waals surface area (Å²) in [6.07, 6.45) is 7.45. The van der Waals surface area contributed by atoms with Gasteiger partial charge in [-0.25, -0.2) is 4.39 Å². The van der Waals surface area contributed by atoms with E-state index in [1.54, 1.807) is 0 Å². The molecule has 2 amide bonds. The standard InChI is InChI=1S/C29H43FN6O6/c30-20-9-4-10-21(16-20)42-18-25(37)22(11-5-13-33-29(31)32)35-27(40)24-12-6-14-36(24)28(41)23(34-17-26(38)39)15-19-7-2-1-3-8-19/h4,9-10,16,19,22-24,34H,1-3,5-8,11-15,17-18H2,(H,35,40)(H,38,39)(H4,31,32,33)/t22?,23-,24+/m1/s1. The van der Waals surface area contributed by atoms with E-state index in [0.717, 1.165) is 38.2 Å². The zero-order valence-corrected chi connectivity index (χ0v) is 23.9. The number of nitrogens with two attached hydrogens (primary N) is 2. The molecule has 13 heteroatoms. The number of aliphatic carboxylic acids is 1. The van der Waals surface area contributed by atoms with E-state index >= 15 is 0 Å². The molecule has 232 valence electrons. The number of aliphatic imine (C=N–C) groups is 1. The quantitative estimate of drug-likeness (QED) is 0.107. The third-order valence-electron chi connectivity index (χ3n) is 7.76. The van der Waals surface area contributed by atoms with Crippen molar-refractivity contribution in [1.29, 1.82) is 0 Å². The number of carbonyl (C=O) groups is 4. The smallest absolute Gasteiger partial charge is 0.317 e. The largest absolute Gasteiger partial charge is 0.486 e. The van der Waals surface area contributed by atoms with Gasteiger partial charge in [-0.05, 0) is 50.2 Å². The minimum atomic E-state index is -1.06. The van der Waals surface area contributed by atoms with Crippen LogP contribution in [-0.4, -0.2) is 83.9 Å². The highest BCUT2D eigenvalue weighted by Gasteiger charge is 2.39. The van der Waals surface area contributed by atoms with Crippen LogP contribution in [-0.2, 0) is 19.2 Å². The minimum absolute atomic E-state index is 0.0873. The van der Waals surface area contributed by atoms with Gasteiger partial charge >= 0.3 is 5.97 Å². The predicted molar refractivity (Wildman–Crippen MR) is 154 cm³/mol. The molecule has 1 saturated carbocycles. The number of likely N-dealkylation sites (tertiary alicyclic amines) is 1. The van der Waals surface area contributed by atoms with E-state index < -0.39 is 48.2 Å². The Morgan fingerprint density at radius 1 is 1.10 bits per heavy atom. The highest BCUT2D eigenvalue weighted by molar-refractivity contribution is 5.94. The monoisotopic (exact) mass is 590 g/mol. The second-order valence-corrected chi connectivity index (χ2v) is 11.0. The van der Waals surface area contributed by atoms with Crippen LogP contribution in [0.25, 0.3) is 0 Å². The number of carboxylic acids is 1. The van der Waals surface area contributed by atoms with Crippen LogP contribution in [0.15, 0.2) is 29.3 Å². The van der Waals surface area contributed by atoms with Gasteiger partial charge in [-0.1, -0.05) is 38.2 Å². The number of nitrogens with zero attached hydrogens (tertiary/aromatic N) is 2. The van der Waals surface area contributed by atoms with Gasteiger partial charge in [0.05, 0.1) is 18.6 Å². The van der Waals surface area contributed by atoms with Gasteiger partial charge in [-0.15, -0.1) is 0 Å². The van der Waals surface area contributed by atoms with Gasteiger partial charge in [0.2, 0.25) is 11.8 Å². The number of guanidine groups is 1. The first-order valence-electron chi connectivity index (χ1n) is 14.7. The molecule has 1 aliphatic carbocycles. The summed E-state index contributed by atoms with van der Waals surface area (Å²) < 4.78 is 19.0. The number of Topliss-reactive ketones (excluding diaryl/α,β-unsaturated/α-hetero) is 1. The van der Waals surface area contributed by atoms with E-state index in [0.29, 0.717) is 38.1 Å². The first-order chi connectivity index (χ1) is 20.1. The first-order valence-corrected chi connectivity index (χ1v) is 14.7. The molecule has 1 aliphatic heterocycles. The Balaban J connectivity index is 1.68. The minimum Gasteiger partial charge on any atom is -0.486 e. The molecule has 0 spiro atoms. The molecule has 1 unspecified atom stereocenters. The molecule has 1 aromatic carbocycles. The van der Waals surface area contributed by atoms with E-state index in [4.69, 9.17) is 16.2 Å². The third kappa shape index (κ3) is 10.6. The predicted octanol–water partition coefficient (Wildman–Crippen LogP) is 1.32. The van der Waals surface area contributed by atoms with Gasteiger partial charge in [-0.2, -0.15) is 0 Å². The number of carboxylic acid groups (broad SMARTS) is 1. The molecule has 0 aromatic heterocycles. The Morgan fingerprint density at radius 2 is 1.86 bits per heavy atom. The molecular formula is C29H43FN6O6. The van der Waals surface area contributed by atoms with Gasteiger partial charge in [0.15, 0.2) is 11.7 Å². The normalized spacial score (nSPS) is 18.6. The van der Waals surface area contributed by atoms with Crippen molar-refractivity contribution in [1.82, 2.24) is 15.5 Å². The lowest BCUT2D eigenvalue weighted by molar-refractivity contribution is -0.142. The summed E-state index contributed by atoms with van der Waals surface area (Å²) in [6, 6.07) is 2.94. The molecule has 1 heterocycles. The zero-order valence-electron chi connectivity index (χ0n) is 23.9. The van der Waals surface area contributed by atoms with Crippen LogP contribution in [0, 0.1) is 11.7 Å². The zero-order chi connectivity index (χ0) is 30.5. The van der Waals surface area contributed by atoms with E-state index in [1.807, 2.05) is 0 Å². The molecule has 0 bridgehead atoms. The van der Waals surface area contributed by atoms with Crippen molar-refractivity contribution in [2.75, 3.05) is 26.2 Å². The molecule has 2 fully saturated rings. The summed E-state index contributed by atoms with van der Waals surface area (Å²) in [5.41, 5.74) is 10.8. The van der Waals surface area contributed by atoms with Crippen LogP contribution in [0.1, 0.15) is 64.2 Å². The van der Waals surface area contributed by atoms with Gasteiger partial charge in [0.1, 0.15) is 24.2 Å². The van der Waals surface area contributed by atoms with Gasteiger partial charge in [0, 0.05) is 19.2 Å². The van der Waals surface area contributed by atoms with E-state index in [-0.39, 0.29) is 37.1 Å². The van der Waals surface area contributed by atoms with Crippen molar-refractivity contribution in [2.24, 2.45) is 22.4 Å². The van der Waals surface area contributed by atoms with Crippen LogP contribution < -0.4 is 26.8 Å². The number of ether oxygens (including phenoxy) is 1. The number of halogens is 1. The summed E-state index contributed by atoms with van der Waals surface area (Å²) >= 11 is 0. The Bertz CT molecular complexity index is 1110. The number of ketones is 1. The Hall–Kier alpha value is -3.74. The molecule has 1 saturated heterocycles. The lowest BCUT2D eigenvalue weighted by Crippen LogP contribution is -2.55. The van der Waals surface area contributed by atoms with Gasteiger partial charge < -0.3 is 31.5 Å². The maximum atomic E-state index is 13.7. The third-order valence-corrected chi connectivity index (χ3v) is 7.76. The molecule has 0 radical (unpaired) electrons. The average Bonchev–Trinajstić information content (AvgIpc) is 3.46. The fourth-order valence-electron chi connectivity index (χ4n) is 5.64. The van der Waals surface area contributed by atoms with Crippen molar-refractivity contribution in [3.8, 4) is 5.75 Å². The molecule has 1 aromatic rings. The Kier molecular flexibility index (Phi) is 13.0. The summed E-state index contributed by atoms with van der Waals surface area (Å²) in [5, 5.41) is 14.9. The number of nitrogens with one attached hydrogen (secondary N) is 2. The molecule has 3 atom stereocenters. The van der Waals surface area contributed by atoms with E-state index in [2.05, 4.69) is 15.6 Å². The first kappa shape index (κ1) is 32.8. The Morgan fingerprint density at radius 3 is 2.55 bits per heavy atom.